The van der Waals surface area contributed by atoms with Crippen molar-refractivity contribution in [1.29, 1.82) is 0 Å². The summed E-state index contributed by atoms with van der Waals surface area (Å²) in [6, 6.07) is 0. The van der Waals surface area contributed by atoms with Gasteiger partial charge in [0.15, 0.2) is 0 Å². The Labute approximate surface area is 120 Å². The van der Waals surface area contributed by atoms with E-state index >= 15 is 0 Å². The molecule has 0 spiro atoms. The number of hydrogen-bond acceptors (Lipinski definition) is 9. The number of ether oxygens (including phenoxy) is 4. The summed E-state index contributed by atoms with van der Waals surface area (Å²) in [5.74, 6) is -4.22. The highest BCUT2D eigenvalue weighted by molar-refractivity contribution is 6.15. The minimum atomic E-state index is -2.15. The fourth-order valence-electron chi connectivity index (χ4n) is 1.93. The van der Waals surface area contributed by atoms with Gasteiger partial charge in [-0.1, -0.05) is 0 Å². The second-order valence-corrected chi connectivity index (χ2v) is 4.04. The van der Waals surface area contributed by atoms with Crippen molar-refractivity contribution in [3.05, 3.63) is 12.2 Å². The van der Waals surface area contributed by atoms with Gasteiger partial charge in [0.1, 0.15) is 0 Å². The van der Waals surface area contributed by atoms with Crippen molar-refractivity contribution < 1.29 is 38.1 Å². The van der Waals surface area contributed by atoms with Crippen molar-refractivity contribution in [2.75, 3.05) is 28.4 Å². The van der Waals surface area contributed by atoms with E-state index in [9.17, 15) is 19.2 Å². The molecule has 21 heavy (non-hydrogen) atoms. The van der Waals surface area contributed by atoms with E-state index in [1.54, 1.807) is 0 Å². The molecule has 0 unspecified atom stereocenters. The second-order valence-electron chi connectivity index (χ2n) is 4.04. The SMILES string of the molecule is COC(=O)C1(C(=O)OC)C=CC(C(=O)OC)(C(=O)OC)N1. The molecule has 0 aliphatic carbocycles. The zero-order valence-corrected chi connectivity index (χ0v) is 11.9. The van der Waals surface area contributed by atoms with Crippen LogP contribution < -0.4 is 5.32 Å². The molecule has 0 aromatic rings. The van der Waals surface area contributed by atoms with Gasteiger partial charge in [0.05, 0.1) is 28.4 Å². The molecule has 0 saturated carbocycles. The molecule has 9 nitrogen and oxygen atoms in total. The molecule has 0 atom stereocenters. The van der Waals surface area contributed by atoms with Crippen molar-refractivity contribution in [2.24, 2.45) is 0 Å². The van der Waals surface area contributed by atoms with Crippen LogP contribution >= 0.6 is 0 Å². The zero-order chi connectivity index (χ0) is 16.3. The van der Waals surface area contributed by atoms with Gasteiger partial charge < -0.3 is 18.9 Å². The number of esters is 4. The van der Waals surface area contributed by atoms with Crippen LogP contribution in [0.1, 0.15) is 0 Å². The fraction of sp³-hybridized carbons (Fsp3) is 0.500. The normalized spacial score (nSPS) is 17.7. The molecule has 1 aliphatic rings. The molecule has 0 aromatic carbocycles. The molecule has 0 bridgehead atoms. The summed E-state index contributed by atoms with van der Waals surface area (Å²) in [5.41, 5.74) is -4.29. The number of hydrogen-bond donors (Lipinski definition) is 1. The van der Waals surface area contributed by atoms with Crippen molar-refractivity contribution in [3.8, 4) is 0 Å². The Morgan fingerprint density at radius 2 is 0.905 bits per heavy atom. The molecule has 116 valence electrons. The maximum Gasteiger partial charge on any atom is 0.341 e. The summed E-state index contributed by atoms with van der Waals surface area (Å²) in [7, 11) is 4.16. The third kappa shape index (κ3) is 2.35. The van der Waals surface area contributed by atoms with E-state index < -0.39 is 35.0 Å². The smallest absolute Gasteiger partial charge is 0.341 e. The van der Waals surface area contributed by atoms with Gasteiger partial charge in [0.2, 0.25) is 11.1 Å². The minimum Gasteiger partial charge on any atom is -0.467 e. The Morgan fingerprint density at radius 3 is 1.10 bits per heavy atom. The molecule has 9 heteroatoms. The minimum absolute atomic E-state index is 0.999. The van der Waals surface area contributed by atoms with Gasteiger partial charge in [-0.25, -0.2) is 19.2 Å². The summed E-state index contributed by atoms with van der Waals surface area (Å²) in [5, 5.41) is 2.31. The first-order chi connectivity index (χ1) is 9.84. The number of methoxy groups -OCH3 is 4. The van der Waals surface area contributed by atoms with Gasteiger partial charge in [0, 0.05) is 0 Å². The van der Waals surface area contributed by atoms with Gasteiger partial charge in [-0.2, -0.15) is 0 Å². The lowest BCUT2D eigenvalue weighted by molar-refractivity contribution is -0.165. The predicted molar refractivity (Wildman–Crippen MR) is 65.8 cm³/mol. The average Bonchev–Trinajstić information content (AvgIpc) is 2.94. The van der Waals surface area contributed by atoms with E-state index in [0.717, 1.165) is 40.6 Å². The summed E-state index contributed by atoms with van der Waals surface area (Å²) in [6.07, 6.45) is 2.00. The quantitative estimate of drug-likeness (QED) is 0.281. The van der Waals surface area contributed by atoms with Crippen LogP contribution in [0, 0.1) is 0 Å². The van der Waals surface area contributed by atoms with E-state index in [0.29, 0.717) is 0 Å². The fourth-order valence-corrected chi connectivity index (χ4v) is 1.93. The van der Waals surface area contributed by atoms with Crippen LogP contribution in [0.4, 0.5) is 0 Å². The first-order valence-electron chi connectivity index (χ1n) is 5.68. The second kappa shape index (κ2) is 5.92. The van der Waals surface area contributed by atoms with Gasteiger partial charge in [-0.15, -0.1) is 0 Å². The van der Waals surface area contributed by atoms with Crippen LogP contribution in [0.3, 0.4) is 0 Å². The highest BCUT2D eigenvalue weighted by Crippen LogP contribution is 2.28. The Hall–Kier alpha value is -2.42. The molecule has 0 radical (unpaired) electrons. The van der Waals surface area contributed by atoms with E-state index in [2.05, 4.69) is 24.3 Å². The van der Waals surface area contributed by atoms with Crippen molar-refractivity contribution in [2.45, 2.75) is 11.1 Å². The molecule has 0 saturated heterocycles. The summed E-state index contributed by atoms with van der Waals surface area (Å²) in [4.78, 5) is 47.6. The topological polar surface area (TPSA) is 117 Å². The number of rotatable bonds is 4. The molecule has 1 aliphatic heterocycles. The Morgan fingerprint density at radius 1 is 0.667 bits per heavy atom. The molecular weight excluding hydrogens is 286 g/mol. The summed E-state index contributed by atoms with van der Waals surface area (Å²) < 4.78 is 18.1. The first-order valence-corrected chi connectivity index (χ1v) is 5.68. The van der Waals surface area contributed by atoms with E-state index in [4.69, 9.17) is 0 Å². The van der Waals surface area contributed by atoms with Gasteiger partial charge in [0.25, 0.3) is 0 Å². The first kappa shape index (κ1) is 16.6. The maximum atomic E-state index is 11.9. The zero-order valence-electron chi connectivity index (χ0n) is 11.9. The predicted octanol–water partition coefficient (Wildman–Crippen LogP) is -1.68. The van der Waals surface area contributed by atoms with Gasteiger partial charge in [-0.05, 0) is 12.2 Å². The van der Waals surface area contributed by atoms with Crippen LogP contribution in [-0.2, 0) is 38.1 Å². The Balaban J connectivity index is 3.37. The summed E-state index contributed by atoms with van der Waals surface area (Å²) >= 11 is 0. The molecule has 1 heterocycles. The molecular formula is C12H15NO8. The number of nitrogens with one attached hydrogen (secondary N) is 1. The highest BCUT2D eigenvalue weighted by atomic mass is 16.6. The molecule has 0 amide bonds. The molecule has 0 fully saturated rings. The van der Waals surface area contributed by atoms with Crippen molar-refractivity contribution in [1.82, 2.24) is 5.32 Å². The standard InChI is InChI=1S/C12H15NO8/c1-18-7(14)11(8(15)19-2)5-6-12(13-11,9(16)20-3)10(17)21-4/h5-6,13H,1-4H3. The maximum absolute atomic E-state index is 11.9. The van der Waals surface area contributed by atoms with Gasteiger partial charge in [-0.3, -0.25) is 5.32 Å². The average molecular weight is 301 g/mol. The van der Waals surface area contributed by atoms with Crippen LogP contribution in [0.15, 0.2) is 12.2 Å². The molecule has 1 N–H and O–H groups in total. The van der Waals surface area contributed by atoms with Crippen LogP contribution in [-0.4, -0.2) is 63.4 Å². The van der Waals surface area contributed by atoms with Crippen molar-refractivity contribution in [3.63, 3.8) is 0 Å². The monoisotopic (exact) mass is 301 g/mol. The summed E-state index contributed by atoms with van der Waals surface area (Å²) in [6.45, 7) is 0. The molecule has 0 aromatic heterocycles. The third-order valence-corrected chi connectivity index (χ3v) is 3.01. The third-order valence-electron chi connectivity index (χ3n) is 3.01. The Bertz CT molecular complexity index is 433. The Kier molecular flexibility index (Phi) is 4.69. The van der Waals surface area contributed by atoms with E-state index in [1.807, 2.05) is 0 Å². The van der Waals surface area contributed by atoms with Crippen LogP contribution in [0.25, 0.3) is 0 Å². The van der Waals surface area contributed by atoms with E-state index in [-0.39, 0.29) is 0 Å². The largest absolute Gasteiger partial charge is 0.467 e. The lowest BCUT2D eigenvalue weighted by Crippen LogP contribution is -2.66. The lowest BCUT2D eigenvalue weighted by atomic mass is 10.0. The van der Waals surface area contributed by atoms with E-state index in [1.165, 1.54) is 0 Å². The number of carbonyl (C=O) groups is 4. The van der Waals surface area contributed by atoms with Gasteiger partial charge >= 0.3 is 23.9 Å². The lowest BCUT2D eigenvalue weighted by Gasteiger charge is -2.29. The van der Waals surface area contributed by atoms with Crippen LogP contribution in [0.5, 0.6) is 0 Å². The highest BCUT2D eigenvalue weighted by Gasteiger charge is 2.62. The van der Waals surface area contributed by atoms with Crippen molar-refractivity contribution >= 4 is 23.9 Å². The number of carbonyl (C=O) groups excluding carboxylic acids is 4. The molecule has 1 rings (SSSR count). The van der Waals surface area contributed by atoms with Crippen LogP contribution in [0.2, 0.25) is 0 Å².